The van der Waals surface area contributed by atoms with E-state index >= 15 is 4.39 Å². The minimum absolute atomic E-state index is 0.0524. The highest BCUT2D eigenvalue weighted by molar-refractivity contribution is 5.52. The first-order valence-corrected chi connectivity index (χ1v) is 9.49. The molecule has 1 fully saturated rings. The fraction of sp³-hybridized carbons (Fsp3) is 0.619. The van der Waals surface area contributed by atoms with Crippen LogP contribution in [-0.4, -0.2) is 18.6 Å². The fourth-order valence-electron chi connectivity index (χ4n) is 4.37. The Morgan fingerprint density at radius 1 is 1.15 bits per heavy atom. The quantitative estimate of drug-likeness (QED) is 0.479. The number of hydrogen-bond acceptors (Lipinski definition) is 1. The molecule has 0 aliphatic heterocycles. The van der Waals surface area contributed by atoms with Crippen LogP contribution in [0.2, 0.25) is 0 Å². The third-order valence-electron chi connectivity index (χ3n) is 5.70. The van der Waals surface area contributed by atoms with Gasteiger partial charge in [0.2, 0.25) is 0 Å². The van der Waals surface area contributed by atoms with Crippen LogP contribution >= 0.6 is 0 Å². The molecule has 0 aromatic heterocycles. The van der Waals surface area contributed by atoms with Crippen LogP contribution in [0.1, 0.15) is 51.9 Å². The van der Waals surface area contributed by atoms with Crippen LogP contribution in [0.25, 0.3) is 0 Å². The van der Waals surface area contributed by atoms with E-state index in [1.807, 2.05) is 6.08 Å². The molecule has 3 rings (SSSR count). The molecule has 1 nitrogen and oxygen atoms in total. The predicted molar refractivity (Wildman–Crippen MR) is 94.2 cm³/mol. The number of ether oxygens (including phenoxy) is 1. The first-order chi connectivity index (χ1) is 12.4. The maximum Gasteiger partial charge on any atom is 0.387 e. The second-order valence-electron chi connectivity index (χ2n) is 7.57. The molecule has 0 aromatic rings. The van der Waals surface area contributed by atoms with Gasteiger partial charge < -0.3 is 0 Å². The molecule has 0 amide bonds. The van der Waals surface area contributed by atoms with Crippen LogP contribution in [-0.2, 0) is 4.74 Å². The first-order valence-electron chi connectivity index (χ1n) is 9.49. The van der Waals surface area contributed by atoms with Crippen LogP contribution < -0.4 is 0 Å². The van der Waals surface area contributed by atoms with E-state index < -0.39 is 18.6 Å². The third kappa shape index (κ3) is 4.13. The molecule has 3 aliphatic rings. The predicted octanol–water partition coefficient (Wildman–Crippen LogP) is 6.59. The topological polar surface area (TPSA) is 9.23 Å². The summed E-state index contributed by atoms with van der Waals surface area (Å²) >= 11 is 0. The average Bonchev–Trinajstić information content (AvgIpc) is 2.62. The lowest BCUT2D eigenvalue weighted by molar-refractivity contribution is -0.308. The molecule has 0 aromatic carbocycles. The van der Waals surface area contributed by atoms with Crippen molar-refractivity contribution in [3.8, 4) is 0 Å². The van der Waals surface area contributed by atoms with Gasteiger partial charge in [0.1, 0.15) is 0 Å². The monoisotopic (exact) mass is 370 g/mol. The number of halogens is 4. The maximum absolute atomic E-state index is 15.0. The van der Waals surface area contributed by atoms with Crippen LogP contribution in [0.3, 0.4) is 0 Å². The summed E-state index contributed by atoms with van der Waals surface area (Å²) in [5.74, 6) is -1.52. The lowest BCUT2D eigenvalue weighted by Gasteiger charge is -2.36. The zero-order chi connectivity index (χ0) is 18.8. The van der Waals surface area contributed by atoms with Crippen molar-refractivity contribution in [3.05, 3.63) is 47.1 Å². The van der Waals surface area contributed by atoms with Crippen molar-refractivity contribution in [1.29, 1.82) is 0 Å². The number of rotatable bonds is 6. The van der Waals surface area contributed by atoms with Gasteiger partial charge in [-0.15, -0.1) is 0 Å². The van der Waals surface area contributed by atoms with E-state index in [1.54, 1.807) is 6.08 Å². The largest absolute Gasteiger partial charge is 0.387 e. The smallest absolute Gasteiger partial charge is 0.273 e. The molecule has 5 heteroatoms. The van der Waals surface area contributed by atoms with E-state index in [-0.39, 0.29) is 5.57 Å². The first kappa shape index (κ1) is 19.4. The van der Waals surface area contributed by atoms with E-state index in [9.17, 15) is 13.2 Å². The van der Waals surface area contributed by atoms with Gasteiger partial charge in [-0.3, -0.25) is 4.74 Å². The summed E-state index contributed by atoms with van der Waals surface area (Å²) in [4.78, 5) is 0. The Balaban J connectivity index is 1.74. The molecule has 0 saturated heterocycles. The van der Waals surface area contributed by atoms with Crippen molar-refractivity contribution in [2.45, 2.75) is 63.8 Å². The molecule has 26 heavy (non-hydrogen) atoms. The van der Waals surface area contributed by atoms with Crippen LogP contribution in [0.4, 0.5) is 17.6 Å². The SMILES string of the molecule is CCCC1CCC(C2=CC=C3C(=CC=CC3(F)OC(F)(F)CF)C2)CC1. The second kappa shape index (κ2) is 7.71. The normalized spacial score (nSPS) is 31.8. The summed E-state index contributed by atoms with van der Waals surface area (Å²) in [7, 11) is 0. The van der Waals surface area contributed by atoms with E-state index in [4.69, 9.17) is 0 Å². The standard InChI is InChI=1S/C21H26F4O/c1-2-4-15-6-8-16(9-7-15)17-10-11-19-18(13-17)5-3-12-20(19,23)26-21(24,25)14-22/h3,5,10-12,15-16H,2,4,6-9,13-14H2,1H3. The highest BCUT2D eigenvalue weighted by atomic mass is 19.3. The summed E-state index contributed by atoms with van der Waals surface area (Å²) in [6.45, 7) is 0.157. The highest BCUT2D eigenvalue weighted by Crippen LogP contribution is 2.45. The molecule has 0 spiro atoms. The summed E-state index contributed by atoms with van der Waals surface area (Å²) in [5.41, 5.74) is 1.92. The van der Waals surface area contributed by atoms with Gasteiger partial charge in [-0.05, 0) is 55.6 Å². The Bertz CT molecular complexity index is 638. The Labute approximate surface area is 152 Å². The number of allylic oxidation sites excluding steroid dienone is 5. The molecule has 1 saturated carbocycles. The number of alkyl halides is 4. The molecule has 0 N–H and O–H groups in total. The van der Waals surface area contributed by atoms with Gasteiger partial charge in [0.05, 0.1) is 0 Å². The maximum atomic E-state index is 15.0. The summed E-state index contributed by atoms with van der Waals surface area (Å²) in [5, 5.41) is 0. The lowest BCUT2D eigenvalue weighted by Crippen LogP contribution is -2.39. The molecular weight excluding hydrogens is 344 g/mol. The lowest BCUT2D eigenvalue weighted by atomic mass is 9.73. The van der Waals surface area contributed by atoms with Gasteiger partial charge in [0.25, 0.3) is 5.85 Å². The van der Waals surface area contributed by atoms with Gasteiger partial charge in [-0.1, -0.05) is 49.6 Å². The van der Waals surface area contributed by atoms with Crippen molar-refractivity contribution in [3.63, 3.8) is 0 Å². The zero-order valence-corrected chi connectivity index (χ0v) is 15.1. The molecule has 1 unspecified atom stereocenters. The van der Waals surface area contributed by atoms with Crippen LogP contribution in [0, 0.1) is 11.8 Å². The van der Waals surface area contributed by atoms with E-state index in [0.717, 1.165) is 24.8 Å². The fourth-order valence-corrected chi connectivity index (χ4v) is 4.37. The van der Waals surface area contributed by atoms with Crippen molar-refractivity contribution in [1.82, 2.24) is 0 Å². The van der Waals surface area contributed by atoms with Crippen LogP contribution in [0.5, 0.6) is 0 Å². The van der Waals surface area contributed by atoms with Gasteiger partial charge in [0, 0.05) is 5.57 Å². The Morgan fingerprint density at radius 3 is 2.54 bits per heavy atom. The second-order valence-corrected chi connectivity index (χ2v) is 7.57. The molecule has 0 radical (unpaired) electrons. The van der Waals surface area contributed by atoms with Gasteiger partial charge in [-0.25, -0.2) is 8.78 Å². The number of hydrogen-bond donors (Lipinski definition) is 0. The van der Waals surface area contributed by atoms with E-state index in [2.05, 4.69) is 11.7 Å². The number of fused-ring (bicyclic) bond motifs is 1. The molecular formula is C21H26F4O. The third-order valence-corrected chi connectivity index (χ3v) is 5.70. The van der Waals surface area contributed by atoms with Crippen molar-refractivity contribution in [2.75, 3.05) is 6.67 Å². The van der Waals surface area contributed by atoms with Gasteiger partial charge in [0.15, 0.2) is 6.67 Å². The molecule has 0 bridgehead atoms. The minimum atomic E-state index is -4.15. The average molecular weight is 370 g/mol. The zero-order valence-electron chi connectivity index (χ0n) is 15.1. The van der Waals surface area contributed by atoms with E-state index in [0.29, 0.717) is 17.9 Å². The molecule has 3 aliphatic carbocycles. The van der Waals surface area contributed by atoms with Crippen molar-refractivity contribution in [2.24, 2.45) is 11.8 Å². The highest BCUT2D eigenvalue weighted by Gasteiger charge is 2.47. The van der Waals surface area contributed by atoms with Gasteiger partial charge in [-0.2, -0.15) is 8.78 Å². The van der Waals surface area contributed by atoms with Crippen LogP contribution in [0.15, 0.2) is 47.1 Å². The van der Waals surface area contributed by atoms with Crippen molar-refractivity contribution >= 4 is 0 Å². The van der Waals surface area contributed by atoms with Gasteiger partial charge >= 0.3 is 6.11 Å². The Hall–Kier alpha value is -1.36. The minimum Gasteiger partial charge on any atom is -0.273 e. The van der Waals surface area contributed by atoms with E-state index in [1.165, 1.54) is 43.4 Å². The van der Waals surface area contributed by atoms with Crippen molar-refractivity contribution < 1.29 is 22.3 Å². The Kier molecular flexibility index (Phi) is 5.75. The molecule has 0 heterocycles. The molecule has 1 atom stereocenters. The molecule has 144 valence electrons. The Morgan fingerprint density at radius 2 is 1.88 bits per heavy atom. The summed E-state index contributed by atoms with van der Waals surface area (Å²) < 4.78 is 58.2. The summed E-state index contributed by atoms with van der Waals surface area (Å²) in [6, 6.07) is 0. The summed E-state index contributed by atoms with van der Waals surface area (Å²) in [6.07, 6.45) is 11.0.